The van der Waals surface area contributed by atoms with Crippen molar-refractivity contribution < 1.29 is 27.5 Å². The Kier molecular flexibility index (Phi) is 8.82. The summed E-state index contributed by atoms with van der Waals surface area (Å²) in [5.41, 5.74) is 4.87. The highest BCUT2D eigenvalue weighted by molar-refractivity contribution is 7.87. The van der Waals surface area contributed by atoms with Crippen LogP contribution in [0.2, 0.25) is 0 Å². The Morgan fingerprint density at radius 1 is 0.980 bits per heavy atom. The maximum Gasteiger partial charge on any atom is 0.303 e. The zero-order valence-electron chi connectivity index (χ0n) is 29.5. The van der Waals surface area contributed by atoms with Crippen LogP contribution in [0.25, 0.3) is 22.2 Å². The average Bonchev–Trinajstić information content (AvgIpc) is 3.54. The minimum absolute atomic E-state index is 0.0692. The van der Waals surface area contributed by atoms with E-state index in [1.807, 2.05) is 36.9 Å². The summed E-state index contributed by atoms with van der Waals surface area (Å²) in [5, 5.41) is 1.05. The van der Waals surface area contributed by atoms with Crippen molar-refractivity contribution in [2.24, 2.45) is 5.41 Å². The Balaban J connectivity index is 1.49. The standard InChI is InChI=1S/C37H49N5O6S/c1-23-18-41(19-24(2)48-23)36(44)37-21-40(5)20-31(37)30-17-27(47-6)13-15-28(30)34-33(25-10-8-7-9-11-25)29-14-12-26(16-32(29)42(34)22-37)35(43)38-49(45,46)39(3)4/h12-17,23-25,31H,7-11,18-22H2,1-6H3,(H,38,43)/t23-,24+,31-,37-/m1/s1. The molecule has 264 valence electrons. The first-order chi connectivity index (χ1) is 23.3. The number of methoxy groups -OCH3 is 1. The summed E-state index contributed by atoms with van der Waals surface area (Å²) in [6, 6.07) is 11.8. The van der Waals surface area contributed by atoms with Gasteiger partial charge in [0.15, 0.2) is 0 Å². The fourth-order valence-electron chi connectivity index (χ4n) is 9.14. The van der Waals surface area contributed by atoms with Gasteiger partial charge in [-0.05, 0) is 81.1 Å². The van der Waals surface area contributed by atoms with E-state index in [0.717, 1.165) is 70.0 Å². The molecule has 2 aromatic carbocycles. The number of aromatic nitrogens is 1. The second-order valence-electron chi connectivity index (χ2n) is 15.0. The highest BCUT2D eigenvalue weighted by atomic mass is 32.2. The summed E-state index contributed by atoms with van der Waals surface area (Å²) in [7, 11) is 2.55. The first-order valence-corrected chi connectivity index (χ1v) is 19.0. The molecule has 0 bridgehead atoms. The maximum atomic E-state index is 15.2. The summed E-state index contributed by atoms with van der Waals surface area (Å²) in [4.78, 5) is 33.0. The summed E-state index contributed by atoms with van der Waals surface area (Å²) < 4.78 is 42.6. The van der Waals surface area contributed by atoms with Gasteiger partial charge in [0.1, 0.15) is 5.75 Å². The number of nitrogens with one attached hydrogen (secondary N) is 1. The lowest BCUT2D eigenvalue weighted by Crippen LogP contribution is -2.56. The van der Waals surface area contributed by atoms with Gasteiger partial charge in [0.05, 0.1) is 30.4 Å². The number of benzene rings is 2. The van der Waals surface area contributed by atoms with Gasteiger partial charge in [-0.2, -0.15) is 12.7 Å². The zero-order chi connectivity index (χ0) is 34.8. The molecule has 1 N–H and O–H groups in total. The van der Waals surface area contributed by atoms with E-state index in [0.29, 0.717) is 32.1 Å². The lowest BCUT2D eigenvalue weighted by atomic mass is 9.72. The molecule has 1 aliphatic carbocycles. The molecule has 4 heterocycles. The molecule has 1 aromatic heterocycles. The number of rotatable bonds is 6. The van der Waals surface area contributed by atoms with Crippen LogP contribution in [-0.4, -0.2) is 106 Å². The van der Waals surface area contributed by atoms with Crippen molar-refractivity contribution in [3.05, 3.63) is 53.1 Å². The van der Waals surface area contributed by atoms with E-state index in [4.69, 9.17) is 9.47 Å². The van der Waals surface area contributed by atoms with Crippen LogP contribution in [0.15, 0.2) is 36.4 Å². The molecule has 0 radical (unpaired) electrons. The summed E-state index contributed by atoms with van der Waals surface area (Å²) in [5.74, 6) is 0.411. The van der Waals surface area contributed by atoms with E-state index in [9.17, 15) is 13.2 Å². The van der Waals surface area contributed by atoms with E-state index >= 15 is 4.79 Å². The van der Waals surface area contributed by atoms with Gasteiger partial charge >= 0.3 is 10.2 Å². The normalized spacial score (nSPS) is 26.3. The van der Waals surface area contributed by atoms with Crippen LogP contribution in [0.1, 0.15) is 79.3 Å². The molecule has 1 saturated carbocycles. The number of morpholine rings is 1. The predicted octanol–water partition coefficient (Wildman–Crippen LogP) is 4.57. The molecule has 49 heavy (non-hydrogen) atoms. The predicted molar refractivity (Wildman–Crippen MR) is 189 cm³/mol. The van der Waals surface area contributed by atoms with E-state index in [-0.39, 0.29) is 29.6 Å². The molecule has 2 amide bonds. The molecule has 12 heteroatoms. The third kappa shape index (κ3) is 5.84. The quantitative estimate of drug-likeness (QED) is 0.403. The largest absolute Gasteiger partial charge is 0.497 e. The second kappa shape index (κ2) is 12.7. The lowest BCUT2D eigenvalue weighted by Gasteiger charge is -2.42. The molecule has 7 rings (SSSR count). The molecule has 0 unspecified atom stereocenters. The fourth-order valence-corrected chi connectivity index (χ4v) is 9.67. The number of hydrogen-bond acceptors (Lipinski definition) is 7. The number of hydrogen-bond donors (Lipinski definition) is 1. The van der Waals surface area contributed by atoms with Gasteiger partial charge in [0.2, 0.25) is 5.91 Å². The number of likely N-dealkylation sites (tertiary alicyclic amines) is 1. The highest BCUT2D eigenvalue weighted by Gasteiger charge is 2.56. The molecule has 3 aromatic rings. The van der Waals surface area contributed by atoms with Gasteiger partial charge in [-0.15, -0.1) is 0 Å². The number of likely N-dealkylation sites (N-methyl/N-ethyl adjacent to an activating group) is 1. The zero-order valence-corrected chi connectivity index (χ0v) is 30.3. The number of nitrogens with zero attached hydrogens (tertiary/aromatic N) is 4. The van der Waals surface area contributed by atoms with E-state index in [1.54, 1.807) is 13.2 Å². The van der Waals surface area contributed by atoms with Crippen LogP contribution >= 0.6 is 0 Å². The fraction of sp³-hybridized carbons (Fsp3) is 0.568. The summed E-state index contributed by atoms with van der Waals surface area (Å²) in [6.45, 7) is 6.84. The highest BCUT2D eigenvalue weighted by Crippen LogP contribution is 2.55. The number of amides is 2. The number of ether oxygens (including phenoxy) is 2. The van der Waals surface area contributed by atoms with Crippen LogP contribution in [0.4, 0.5) is 0 Å². The Labute approximate surface area is 289 Å². The van der Waals surface area contributed by atoms with E-state index in [1.165, 1.54) is 26.1 Å². The number of carbonyl (C=O) groups excluding carboxylic acids is 2. The smallest absolute Gasteiger partial charge is 0.303 e. The molecule has 4 atom stereocenters. The minimum atomic E-state index is -3.99. The Bertz CT molecular complexity index is 1890. The second-order valence-corrected chi connectivity index (χ2v) is 16.8. The average molecular weight is 692 g/mol. The monoisotopic (exact) mass is 691 g/mol. The first-order valence-electron chi connectivity index (χ1n) is 17.6. The molecule has 3 aliphatic heterocycles. The van der Waals surface area contributed by atoms with E-state index < -0.39 is 21.5 Å². The van der Waals surface area contributed by atoms with Crippen LogP contribution in [0.5, 0.6) is 5.75 Å². The van der Waals surface area contributed by atoms with Crippen molar-refractivity contribution >= 4 is 32.9 Å². The van der Waals surface area contributed by atoms with Gasteiger partial charge in [-0.25, -0.2) is 4.72 Å². The molecule has 4 aliphatic rings. The van der Waals surface area contributed by atoms with Gasteiger partial charge in [-0.1, -0.05) is 25.3 Å². The van der Waals surface area contributed by atoms with Crippen molar-refractivity contribution in [3.8, 4) is 17.0 Å². The van der Waals surface area contributed by atoms with Crippen molar-refractivity contribution in [3.63, 3.8) is 0 Å². The van der Waals surface area contributed by atoms with Crippen molar-refractivity contribution in [2.75, 3.05) is 54.4 Å². The van der Waals surface area contributed by atoms with Gasteiger partial charge in [0.25, 0.3) is 5.91 Å². The molecule has 11 nitrogen and oxygen atoms in total. The third-order valence-corrected chi connectivity index (χ3v) is 12.7. The van der Waals surface area contributed by atoms with E-state index in [2.05, 4.69) is 33.4 Å². The Morgan fingerprint density at radius 2 is 1.69 bits per heavy atom. The lowest BCUT2D eigenvalue weighted by molar-refractivity contribution is -0.154. The molecular formula is C37H49N5O6S. The van der Waals surface area contributed by atoms with Crippen LogP contribution in [-0.2, 0) is 26.3 Å². The molecule has 2 saturated heterocycles. The first kappa shape index (κ1) is 34.0. The minimum Gasteiger partial charge on any atom is -0.497 e. The Hall–Kier alpha value is -3.45. The SMILES string of the molecule is COc1ccc2c(c1)[C@H]1CN(C)C[C@@]1(C(=O)N1C[C@@H](C)O[C@@H](C)C1)Cn1c-2c(C2CCCCC2)c2ccc(C(=O)NS(=O)(=O)N(C)C)cc21. The summed E-state index contributed by atoms with van der Waals surface area (Å²) >= 11 is 0. The van der Waals surface area contributed by atoms with Crippen LogP contribution < -0.4 is 9.46 Å². The van der Waals surface area contributed by atoms with Crippen molar-refractivity contribution in [2.45, 2.75) is 76.5 Å². The number of fused-ring (bicyclic) bond motifs is 7. The molecule has 0 spiro atoms. The summed E-state index contributed by atoms with van der Waals surface area (Å²) in [6.07, 6.45) is 5.52. The van der Waals surface area contributed by atoms with Gasteiger partial charge in [0, 0.05) is 74.8 Å². The van der Waals surface area contributed by atoms with Crippen LogP contribution in [0.3, 0.4) is 0 Å². The number of carbonyl (C=O) groups is 2. The van der Waals surface area contributed by atoms with Gasteiger partial charge in [-0.3, -0.25) is 9.59 Å². The Morgan fingerprint density at radius 3 is 2.37 bits per heavy atom. The maximum absolute atomic E-state index is 15.2. The van der Waals surface area contributed by atoms with Crippen LogP contribution in [0, 0.1) is 5.41 Å². The van der Waals surface area contributed by atoms with Gasteiger partial charge < -0.3 is 23.8 Å². The molecular weight excluding hydrogens is 643 g/mol. The molecule has 3 fully saturated rings. The third-order valence-electron chi connectivity index (χ3n) is 11.3. The van der Waals surface area contributed by atoms with Crippen molar-refractivity contribution in [1.82, 2.24) is 23.4 Å². The van der Waals surface area contributed by atoms with Crippen molar-refractivity contribution in [1.29, 1.82) is 0 Å². The topological polar surface area (TPSA) is 113 Å².